The Kier molecular flexibility index (Phi) is 7.06. The van der Waals surface area contributed by atoms with Crippen LogP contribution in [-0.2, 0) is 5.41 Å². The zero-order valence-corrected chi connectivity index (χ0v) is 30.9. The SMILES string of the molecule is CC1CC=Cc2c1n(-c1ccc(-c3nc4ccccc4n3-c3cccc(-c4ccccc4)c3)cc1)c1ccc(C3(C)CC=Cc4c3oc3ccccc43)cc21. The minimum Gasteiger partial charge on any atom is -0.459 e. The van der Waals surface area contributed by atoms with Gasteiger partial charge in [0.15, 0.2) is 0 Å². The third-order valence-electron chi connectivity index (χ3n) is 12.0. The fourth-order valence-corrected chi connectivity index (χ4v) is 9.21. The summed E-state index contributed by atoms with van der Waals surface area (Å²) in [6, 6.07) is 52.3. The van der Waals surface area contributed by atoms with Crippen molar-refractivity contribution in [3.63, 3.8) is 0 Å². The average Bonchev–Trinajstić information content (AvgIpc) is 3.93. The highest BCUT2D eigenvalue weighted by Gasteiger charge is 2.37. The highest BCUT2D eigenvalue weighted by atomic mass is 16.3. The van der Waals surface area contributed by atoms with Gasteiger partial charge < -0.3 is 8.98 Å². The Bertz CT molecular complexity index is 3010. The van der Waals surface area contributed by atoms with E-state index in [0.717, 1.165) is 58.0 Å². The van der Waals surface area contributed by atoms with E-state index in [9.17, 15) is 0 Å². The van der Waals surface area contributed by atoms with E-state index >= 15 is 0 Å². The number of aromatic nitrogens is 3. The van der Waals surface area contributed by atoms with Crippen LogP contribution >= 0.6 is 0 Å². The topological polar surface area (TPSA) is 35.9 Å². The van der Waals surface area contributed by atoms with E-state index in [0.29, 0.717) is 5.92 Å². The maximum Gasteiger partial charge on any atom is 0.145 e. The van der Waals surface area contributed by atoms with E-state index in [1.807, 2.05) is 0 Å². The summed E-state index contributed by atoms with van der Waals surface area (Å²) in [6.07, 6.45) is 11.1. The molecule has 0 aliphatic heterocycles. The summed E-state index contributed by atoms with van der Waals surface area (Å²) < 4.78 is 11.4. The molecule has 0 spiro atoms. The zero-order chi connectivity index (χ0) is 36.7. The minimum atomic E-state index is -0.274. The smallest absolute Gasteiger partial charge is 0.145 e. The Hall–Kier alpha value is -6.65. The summed E-state index contributed by atoms with van der Waals surface area (Å²) in [7, 11) is 0. The number of imidazole rings is 1. The largest absolute Gasteiger partial charge is 0.459 e. The lowest BCUT2D eigenvalue weighted by Gasteiger charge is -2.30. The molecular formula is C51H39N3O. The van der Waals surface area contributed by atoms with Crippen LogP contribution in [0.3, 0.4) is 0 Å². The van der Waals surface area contributed by atoms with Crippen molar-refractivity contribution in [3.05, 3.63) is 186 Å². The lowest BCUT2D eigenvalue weighted by atomic mass is 9.73. The number of allylic oxidation sites excluding steroid dienone is 2. The summed E-state index contributed by atoms with van der Waals surface area (Å²) >= 11 is 0. The van der Waals surface area contributed by atoms with Crippen LogP contribution in [0.15, 0.2) is 162 Å². The quantitative estimate of drug-likeness (QED) is 0.178. The molecule has 6 aromatic carbocycles. The molecule has 0 fully saturated rings. The molecule has 2 unspecified atom stereocenters. The Morgan fingerprint density at radius 1 is 0.618 bits per heavy atom. The molecule has 0 saturated heterocycles. The van der Waals surface area contributed by atoms with E-state index in [-0.39, 0.29) is 5.41 Å². The van der Waals surface area contributed by atoms with Gasteiger partial charge in [-0.05, 0) is 103 Å². The number of para-hydroxylation sites is 3. The van der Waals surface area contributed by atoms with Gasteiger partial charge >= 0.3 is 0 Å². The van der Waals surface area contributed by atoms with Crippen molar-refractivity contribution in [2.75, 3.05) is 0 Å². The normalized spacial score (nSPS) is 17.6. The molecule has 11 rings (SSSR count). The van der Waals surface area contributed by atoms with Crippen LogP contribution < -0.4 is 0 Å². The number of furan rings is 1. The molecular weight excluding hydrogens is 671 g/mol. The van der Waals surface area contributed by atoms with Gasteiger partial charge in [0.1, 0.15) is 17.2 Å². The number of nitrogens with zero attached hydrogens (tertiary/aromatic N) is 3. The van der Waals surface area contributed by atoms with E-state index in [1.165, 1.54) is 49.8 Å². The summed E-state index contributed by atoms with van der Waals surface area (Å²) in [5.41, 5.74) is 14.8. The van der Waals surface area contributed by atoms with Crippen LogP contribution in [0, 0.1) is 0 Å². The molecule has 0 N–H and O–H groups in total. The fraction of sp³-hybridized carbons (Fsp3) is 0.118. The number of hydrogen-bond acceptors (Lipinski definition) is 2. The van der Waals surface area contributed by atoms with E-state index < -0.39 is 0 Å². The second kappa shape index (κ2) is 12.2. The van der Waals surface area contributed by atoms with Crippen molar-refractivity contribution in [2.45, 2.75) is 38.0 Å². The molecule has 0 radical (unpaired) electrons. The third kappa shape index (κ3) is 4.87. The van der Waals surface area contributed by atoms with Crippen LogP contribution in [0.4, 0.5) is 0 Å². The van der Waals surface area contributed by atoms with Gasteiger partial charge in [0.05, 0.1) is 22.0 Å². The average molecular weight is 710 g/mol. The summed E-state index contributed by atoms with van der Waals surface area (Å²) in [4.78, 5) is 5.21. The lowest BCUT2D eigenvalue weighted by molar-refractivity contribution is 0.426. The molecule has 2 aliphatic rings. The van der Waals surface area contributed by atoms with Gasteiger partial charge in [-0.3, -0.25) is 4.57 Å². The fourth-order valence-electron chi connectivity index (χ4n) is 9.21. The highest BCUT2D eigenvalue weighted by Crippen LogP contribution is 2.47. The minimum absolute atomic E-state index is 0.274. The van der Waals surface area contributed by atoms with Gasteiger partial charge in [0, 0.05) is 50.4 Å². The third-order valence-corrected chi connectivity index (χ3v) is 12.0. The van der Waals surface area contributed by atoms with Gasteiger partial charge in [0.2, 0.25) is 0 Å². The van der Waals surface area contributed by atoms with Gasteiger partial charge in [-0.15, -0.1) is 0 Å². The molecule has 0 bridgehead atoms. The van der Waals surface area contributed by atoms with E-state index in [1.54, 1.807) is 0 Å². The maximum absolute atomic E-state index is 6.63. The van der Waals surface area contributed by atoms with Crippen molar-refractivity contribution in [2.24, 2.45) is 0 Å². The molecule has 0 amide bonds. The molecule has 4 heteroatoms. The Labute approximate surface area is 320 Å². The van der Waals surface area contributed by atoms with Crippen molar-refractivity contribution >= 4 is 45.1 Å². The molecule has 4 nitrogen and oxygen atoms in total. The Morgan fingerprint density at radius 2 is 1.40 bits per heavy atom. The first kappa shape index (κ1) is 31.8. The molecule has 264 valence electrons. The molecule has 3 heterocycles. The second-order valence-electron chi connectivity index (χ2n) is 15.4. The van der Waals surface area contributed by atoms with Crippen molar-refractivity contribution in [3.8, 4) is 33.9 Å². The number of rotatable bonds is 5. The van der Waals surface area contributed by atoms with Crippen LogP contribution in [0.2, 0.25) is 0 Å². The van der Waals surface area contributed by atoms with Gasteiger partial charge in [0.25, 0.3) is 0 Å². The van der Waals surface area contributed by atoms with Gasteiger partial charge in [-0.1, -0.05) is 110 Å². The molecule has 2 aliphatic carbocycles. The summed E-state index contributed by atoms with van der Waals surface area (Å²) in [5, 5.41) is 2.47. The standard InChI is InChI=1S/C51H39N3O/c1-33-13-10-19-41-43-32-37(51(2)30-12-20-42-40-18-6-9-23-47(40)55-49(42)51)26-29-45(43)53(48(33)41)38-27-24-35(25-28-38)50-52-44-21-7-8-22-46(44)54(50)39-17-11-16-36(31-39)34-14-4-3-5-15-34/h3-12,14-29,31-33H,13,30H2,1-2H3. The van der Waals surface area contributed by atoms with Crippen LogP contribution in [0.1, 0.15) is 60.8 Å². The number of benzene rings is 6. The predicted molar refractivity (Wildman–Crippen MR) is 227 cm³/mol. The Balaban J connectivity index is 1.03. The van der Waals surface area contributed by atoms with Crippen LogP contribution in [0.5, 0.6) is 0 Å². The first-order chi connectivity index (χ1) is 27.0. The second-order valence-corrected chi connectivity index (χ2v) is 15.4. The van der Waals surface area contributed by atoms with Gasteiger partial charge in [-0.2, -0.15) is 0 Å². The molecule has 0 saturated carbocycles. The molecule has 9 aromatic rings. The lowest BCUT2D eigenvalue weighted by Crippen LogP contribution is -2.25. The highest BCUT2D eigenvalue weighted by molar-refractivity contribution is 5.95. The van der Waals surface area contributed by atoms with Crippen molar-refractivity contribution in [1.29, 1.82) is 0 Å². The number of fused-ring (bicyclic) bond motifs is 7. The zero-order valence-electron chi connectivity index (χ0n) is 30.9. The molecule has 55 heavy (non-hydrogen) atoms. The van der Waals surface area contributed by atoms with E-state index in [4.69, 9.17) is 9.40 Å². The molecule has 3 aromatic heterocycles. The van der Waals surface area contributed by atoms with E-state index in [2.05, 4.69) is 193 Å². The first-order valence-corrected chi connectivity index (χ1v) is 19.3. The van der Waals surface area contributed by atoms with Crippen LogP contribution in [0.25, 0.3) is 78.9 Å². The predicted octanol–water partition coefficient (Wildman–Crippen LogP) is 13.3. The Morgan fingerprint density at radius 3 is 2.29 bits per heavy atom. The number of hydrogen-bond donors (Lipinski definition) is 0. The van der Waals surface area contributed by atoms with Crippen LogP contribution in [-0.4, -0.2) is 14.1 Å². The summed E-state index contributed by atoms with van der Waals surface area (Å²) in [5.74, 6) is 2.37. The van der Waals surface area contributed by atoms with Gasteiger partial charge in [-0.25, -0.2) is 4.98 Å². The van der Waals surface area contributed by atoms with Crippen molar-refractivity contribution < 1.29 is 4.42 Å². The first-order valence-electron chi connectivity index (χ1n) is 19.3. The summed E-state index contributed by atoms with van der Waals surface area (Å²) in [6.45, 7) is 4.69. The molecule has 2 atom stereocenters. The monoisotopic (exact) mass is 709 g/mol. The van der Waals surface area contributed by atoms with Crippen molar-refractivity contribution in [1.82, 2.24) is 14.1 Å². The maximum atomic E-state index is 6.63.